The lowest BCUT2D eigenvalue weighted by Gasteiger charge is -2.07. The summed E-state index contributed by atoms with van der Waals surface area (Å²) in [6.45, 7) is 0.573. The van der Waals surface area contributed by atoms with Gasteiger partial charge in [-0.15, -0.1) is 0 Å². The number of nitrogen functional groups attached to an aromatic ring is 2. The zero-order chi connectivity index (χ0) is 18.1. The minimum Gasteiger partial charge on any atom is -0.399 e. The van der Waals surface area contributed by atoms with Crippen LogP contribution in [0.15, 0.2) is 49.1 Å². The van der Waals surface area contributed by atoms with Gasteiger partial charge in [0.15, 0.2) is 5.65 Å². The number of imidazole rings is 1. The standard InChI is InChI=1S/C18H14N8/c19-6-12-5-13(8-22-7-12)15-16-17(25-18(21)24-15)26(10-23-16)9-11-1-3-14(20)4-2-11/h1-5,7-8,10H,9,20H2,(H2,21,24,25). The normalized spacial score (nSPS) is 10.7. The molecule has 1 aromatic carbocycles. The Morgan fingerprint density at radius 2 is 1.88 bits per heavy atom. The molecule has 0 aliphatic carbocycles. The molecule has 0 aliphatic heterocycles. The Bertz CT molecular complexity index is 1140. The van der Waals surface area contributed by atoms with Crippen LogP contribution in [0.25, 0.3) is 22.4 Å². The van der Waals surface area contributed by atoms with E-state index in [-0.39, 0.29) is 5.95 Å². The van der Waals surface area contributed by atoms with Crippen LogP contribution in [0, 0.1) is 11.3 Å². The third-order valence-electron chi connectivity index (χ3n) is 3.95. The van der Waals surface area contributed by atoms with Gasteiger partial charge < -0.3 is 16.0 Å². The Morgan fingerprint density at radius 1 is 1.08 bits per heavy atom. The van der Waals surface area contributed by atoms with Crippen LogP contribution in [0.5, 0.6) is 0 Å². The molecule has 4 aromatic rings. The van der Waals surface area contributed by atoms with Gasteiger partial charge in [-0.2, -0.15) is 10.2 Å². The van der Waals surface area contributed by atoms with Gasteiger partial charge in [0, 0.05) is 23.6 Å². The molecule has 8 heteroatoms. The van der Waals surface area contributed by atoms with E-state index in [1.807, 2.05) is 28.8 Å². The average molecular weight is 342 g/mol. The summed E-state index contributed by atoms with van der Waals surface area (Å²) in [5.74, 6) is 0.133. The molecule has 0 amide bonds. The molecule has 126 valence electrons. The highest BCUT2D eigenvalue weighted by molar-refractivity contribution is 5.88. The largest absolute Gasteiger partial charge is 0.399 e. The molecule has 26 heavy (non-hydrogen) atoms. The predicted octanol–water partition coefficient (Wildman–Crippen LogP) is 1.97. The minimum atomic E-state index is 0.133. The highest BCUT2D eigenvalue weighted by atomic mass is 15.1. The Labute approximate surface area is 148 Å². The monoisotopic (exact) mass is 342 g/mol. The number of nitriles is 1. The van der Waals surface area contributed by atoms with Crippen LogP contribution in [-0.4, -0.2) is 24.5 Å². The first-order chi connectivity index (χ1) is 12.6. The molecule has 8 nitrogen and oxygen atoms in total. The van der Waals surface area contributed by atoms with Crippen molar-refractivity contribution in [3.8, 4) is 17.3 Å². The zero-order valence-electron chi connectivity index (χ0n) is 13.7. The van der Waals surface area contributed by atoms with Gasteiger partial charge >= 0.3 is 0 Å². The summed E-state index contributed by atoms with van der Waals surface area (Å²) in [4.78, 5) is 17.2. The maximum atomic E-state index is 9.09. The van der Waals surface area contributed by atoms with E-state index in [2.05, 4.69) is 26.0 Å². The minimum absolute atomic E-state index is 0.133. The van der Waals surface area contributed by atoms with Gasteiger partial charge in [0.2, 0.25) is 5.95 Å². The fourth-order valence-electron chi connectivity index (χ4n) is 2.73. The van der Waals surface area contributed by atoms with Crippen molar-refractivity contribution in [3.05, 3.63) is 60.2 Å². The maximum Gasteiger partial charge on any atom is 0.222 e. The third kappa shape index (κ3) is 2.78. The van der Waals surface area contributed by atoms with E-state index in [0.29, 0.717) is 40.2 Å². The van der Waals surface area contributed by atoms with Crippen LogP contribution in [0.2, 0.25) is 0 Å². The first-order valence-corrected chi connectivity index (χ1v) is 7.82. The van der Waals surface area contributed by atoms with Crippen molar-refractivity contribution in [2.45, 2.75) is 6.54 Å². The first-order valence-electron chi connectivity index (χ1n) is 7.82. The molecule has 0 radical (unpaired) electrons. The third-order valence-corrected chi connectivity index (χ3v) is 3.95. The Hall–Kier alpha value is -3.99. The fourth-order valence-corrected chi connectivity index (χ4v) is 2.73. The van der Waals surface area contributed by atoms with E-state index in [1.54, 1.807) is 18.6 Å². The molecule has 0 saturated heterocycles. The molecule has 4 rings (SSSR count). The van der Waals surface area contributed by atoms with Crippen molar-refractivity contribution in [3.63, 3.8) is 0 Å². The number of anilines is 2. The molecule has 3 heterocycles. The molecule has 0 bridgehead atoms. The number of benzene rings is 1. The highest BCUT2D eigenvalue weighted by Crippen LogP contribution is 2.26. The Balaban J connectivity index is 1.82. The van der Waals surface area contributed by atoms with Gasteiger partial charge in [-0.1, -0.05) is 12.1 Å². The average Bonchev–Trinajstić information content (AvgIpc) is 3.05. The highest BCUT2D eigenvalue weighted by Gasteiger charge is 2.15. The number of nitrogens with two attached hydrogens (primary N) is 2. The van der Waals surface area contributed by atoms with Crippen LogP contribution in [0.3, 0.4) is 0 Å². The lowest BCUT2D eigenvalue weighted by molar-refractivity contribution is 0.814. The summed E-state index contributed by atoms with van der Waals surface area (Å²) in [6.07, 6.45) is 4.81. The van der Waals surface area contributed by atoms with Crippen molar-refractivity contribution in [2.24, 2.45) is 0 Å². The molecule has 0 aliphatic rings. The number of pyridine rings is 1. The molecule has 3 aromatic heterocycles. The molecule has 0 fully saturated rings. The Kier molecular flexibility index (Phi) is 3.67. The van der Waals surface area contributed by atoms with Crippen molar-refractivity contribution < 1.29 is 0 Å². The number of fused-ring (bicyclic) bond motifs is 1. The van der Waals surface area contributed by atoms with Crippen LogP contribution in [0.4, 0.5) is 11.6 Å². The van der Waals surface area contributed by atoms with E-state index in [4.69, 9.17) is 16.7 Å². The van der Waals surface area contributed by atoms with Crippen molar-refractivity contribution in [1.82, 2.24) is 24.5 Å². The van der Waals surface area contributed by atoms with Crippen LogP contribution in [-0.2, 0) is 6.54 Å². The second-order valence-corrected chi connectivity index (χ2v) is 5.79. The quantitative estimate of drug-likeness (QED) is 0.544. The second-order valence-electron chi connectivity index (χ2n) is 5.79. The summed E-state index contributed by atoms with van der Waals surface area (Å²) >= 11 is 0. The maximum absolute atomic E-state index is 9.09. The number of aromatic nitrogens is 5. The molecule has 0 atom stereocenters. The number of nitrogens with zero attached hydrogens (tertiary/aromatic N) is 6. The zero-order valence-corrected chi connectivity index (χ0v) is 13.7. The summed E-state index contributed by atoms with van der Waals surface area (Å²) in [5, 5.41) is 9.09. The smallest absolute Gasteiger partial charge is 0.222 e. The van der Waals surface area contributed by atoms with E-state index < -0.39 is 0 Å². The number of hydrogen-bond acceptors (Lipinski definition) is 7. The summed E-state index contributed by atoms with van der Waals surface area (Å²) in [7, 11) is 0. The Morgan fingerprint density at radius 3 is 2.65 bits per heavy atom. The number of rotatable bonds is 3. The second kappa shape index (κ2) is 6.14. The van der Waals surface area contributed by atoms with Gasteiger partial charge in [0.25, 0.3) is 0 Å². The topological polar surface area (TPSA) is 132 Å². The summed E-state index contributed by atoms with van der Waals surface area (Å²) in [6, 6.07) is 11.4. The van der Waals surface area contributed by atoms with E-state index in [1.165, 1.54) is 6.20 Å². The van der Waals surface area contributed by atoms with Gasteiger partial charge in [-0.3, -0.25) is 4.98 Å². The molecule has 0 unspecified atom stereocenters. The number of hydrogen-bond donors (Lipinski definition) is 2. The molecule has 0 saturated carbocycles. The predicted molar refractivity (Wildman–Crippen MR) is 97.6 cm³/mol. The first kappa shape index (κ1) is 15.5. The van der Waals surface area contributed by atoms with E-state index in [0.717, 1.165) is 5.56 Å². The van der Waals surface area contributed by atoms with Gasteiger partial charge in [-0.05, 0) is 23.8 Å². The molecule has 4 N–H and O–H groups in total. The lowest BCUT2D eigenvalue weighted by atomic mass is 10.1. The van der Waals surface area contributed by atoms with Crippen molar-refractivity contribution >= 4 is 22.8 Å². The van der Waals surface area contributed by atoms with Crippen LogP contribution in [0.1, 0.15) is 11.1 Å². The van der Waals surface area contributed by atoms with E-state index >= 15 is 0 Å². The lowest BCUT2D eigenvalue weighted by Crippen LogP contribution is -2.03. The molecule has 0 spiro atoms. The van der Waals surface area contributed by atoms with Crippen molar-refractivity contribution in [2.75, 3.05) is 11.5 Å². The van der Waals surface area contributed by atoms with Gasteiger partial charge in [-0.25, -0.2) is 9.97 Å². The van der Waals surface area contributed by atoms with Gasteiger partial charge in [0.05, 0.1) is 18.4 Å². The summed E-state index contributed by atoms with van der Waals surface area (Å²) < 4.78 is 1.89. The van der Waals surface area contributed by atoms with Crippen LogP contribution >= 0.6 is 0 Å². The summed E-state index contributed by atoms with van der Waals surface area (Å²) in [5.41, 5.74) is 16.3. The SMILES string of the molecule is N#Cc1cncc(-c2nc(N)nc3c2ncn3Cc2ccc(N)cc2)c1. The van der Waals surface area contributed by atoms with E-state index in [9.17, 15) is 0 Å². The molecular formula is C18H14N8. The fraction of sp³-hybridized carbons (Fsp3) is 0.0556. The molecular weight excluding hydrogens is 328 g/mol. The van der Waals surface area contributed by atoms with Crippen molar-refractivity contribution in [1.29, 1.82) is 5.26 Å². The van der Waals surface area contributed by atoms with Gasteiger partial charge in [0.1, 0.15) is 17.3 Å². The van der Waals surface area contributed by atoms with Crippen LogP contribution < -0.4 is 11.5 Å².